The Balaban J connectivity index is 2.57. The normalized spacial score (nSPS) is 10.4. The summed E-state index contributed by atoms with van der Waals surface area (Å²) < 4.78 is 0. The average molecular weight is 307 g/mol. The zero-order chi connectivity index (χ0) is 14.9. The second-order valence-electron chi connectivity index (χ2n) is 4.50. The molecule has 0 saturated heterocycles. The highest BCUT2D eigenvalue weighted by Gasteiger charge is 2.11. The van der Waals surface area contributed by atoms with Gasteiger partial charge in [0.05, 0.1) is 10.0 Å². The molecule has 0 saturated carbocycles. The highest BCUT2D eigenvalue weighted by molar-refractivity contribution is 6.34. The minimum absolute atomic E-state index is 0.0994. The van der Waals surface area contributed by atoms with Crippen molar-refractivity contribution in [1.29, 1.82) is 0 Å². The second kappa shape index (κ2) is 5.78. The van der Waals surface area contributed by atoms with Crippen LogP contribution >= 0.6 is 23.2 Å². The molecule has 0 atom stereocenters. The number of carbonyl (C=O) groups is 2. The molecule has 102 valence electrons. The summed E-state index contributed by atoms with van der Waals surface area (Å²) in [6.07, 6.45) is 0. The molecule has 20 heavy (non-hydrogen) atoms. The summed E-state index contributed by atoms with van der Waals surface area (Å²) >= 11 is 12.0. The molecular formula is C16H12Cl2O2. The SMILES string of the molecule is CC(=O)c1cc(-c2ccc(Cl)c(C(C)=O)c2)ccc1Cl. The summed E-state index contributed by atoms with van der Waals surface area (Å²) in [5.74, 6) is -0.199. The molecule has 0 unspecified atom stereocenters. The van der Waals surface area contributed by atoms with Gasteiger partial charge in [-0.05, 0) is 49.2 Å². The molecular weight excluding hydrogens is 295 g/mol. The van der Waals surface area contributed by atoms with Gasteiger partial charge in [-0.3, -0.25) is 9.59 Å². The Labute approximate surface area is 127 Å². The van der Waals surface area contributed by atoms with Crippen LogP contribution in [-0.2, 0) is 0 Å². The first kappa shape index (κ1) is 14.8. The van der Waals surface area contributed by atoms with Gasteiger partial charge in [-0.25, -0.2) is 0 Å². The lowest BCUT2D eigenvalue weighted by Crippen LogP contribution is -1.96. The fourth-order valence-corrected chi connectivity index (χ4v) is 2.45. The molecule has 0 N–H and O–H groups in total. The zero-order valence-electron chi connectivity index (χ0n) is 11.0. The number of benzene rings is 2. The first-order valence-corrected chi connectivity index (χ1v) is 6.77. The van der Waals surface area contributed by atoms with Gasteiger partial charge in [-0.1, -0.05) is 35.3 Å². The maximum absolute atomic E-state index is 11.5. The van der Waals surface area contributed by atoms with Crippen molar-refractivity contribution < 1.29 is 9.59 Å². The van der Waals surface area contributed by atoms with E-state index in [1.165, 1.54) is 13.8 Å². The molecule has 2 aromatic carbocycles. The Morgan fingerprint density at radius 2 is 1.10 bits per heavy atom. The molecule has 2 aromatic rings. The lowest BCUT2D eigenvalue weighted by Gasteiger charge is -2.08. The van der Waals surface area contributed by atoms with Gasteiger partial charge in [0.15, 0.2) is 11.6 Å². The fraction of sp³-hybridized carbons (Fsp3) is 0.125. The molecule has 4 heteroatoms. The molecule has 2 nitrogen and oxygen atoms in total. The van der Waals surface area contributed by atoms with E-state index < -0.39 is 0 Å². The van der Waals surface area contributed by atoms with E-state index in [9.17, 15) is 9.59 Å². The van der Waals surface area contributed by atoms with E-state index >= 15 is 0 Å². The molecule has 0 heterocycles. The topological polar surface area (TPSA) is 34.1 Å². The van der Waals surface area contributed by atoms with E-state index in [1.54, 1.807) is 24.3 Å². The van der Waals surface area contributed by atoms with Gasteiger partial charge in [0.1, 0.15) is 0 Å². The van der Waals surface area contributed by atoms with Crippen LogP contribution in [0.3, 0.4) is 0 Å². The fourth-order valence-electron chi connectivity index (χ4n) is 1.95. The van der Waals surface area contributed by atoms with Gasteiger partial charge in [0.2, 0.25) is 0 Å². The van der Waals surface area contributed by atoms with Crippen LogP contribution in [0, 0.1) is 0 Å². The first-order valence-electron chi connectivity index (χ1n) is 6.01. The molecule has 0 fully saturated rings. The van der Waals surface area contributed by atoms with Crippen molar-refractivity contribution in [3.63, 3.8) is 0 Å². The van der Waals surface area contributed by atoms with Crippen LogP contribution in [0.25, 0.3) is 11.1 Å². The quantitative estimate of drug-likeness (QED) is 0.742. The van der Waals surface area contributed by atoms with E-state index in [1.807, 2.05) is 12.1 Å². The predicted octanol–water partition coefficient (Wildman–Crippen LogP) is 5.07. The minimum atomic E-state index is -0.0994. The second-order valence-corrected chi connectivity index (χ2v) is 5.32. The summed E-state index contributed by atoms with van der Waals surface area (Å²) in [6, 6.07) is 10.4. The van der Waals surface area contributed by atoms with Crippen LogP contribution < -0.4 is 0 Å². The van der Waals surface area contributed by atoms with Crippen molar-refractivity contribution >= 4 is 34.8 Å². The Morgan fingerprint density at radius 1 is 0.750 bits per heavy atom. The number of hydrogen-bond acceptors (Lipinski definition) is 2. The van der Waals surface area contributed by atoms with Crippen molar-refractivity contribution in [3.05, 3.63) is 57.6 Å². The van der Waals surface area contributed by atoms with E-state index in [-0.39, 0.29) is 11.6 Å². The minimum Gasteiger partial charge on any atom is -0.294 e. The molecule has 0 aliphatic carbocycles. The van der Waals surface area contributed by atoms with Gasteiger partial charge >= 0.3 is 0 Å². The molecule has 0 radical (unpaired) electrons. The number of carbonyl (C=O) groups excluding carboxylic acids is 2. The van der Waals surface area contributed by atoms with Crippen LogP contribution in [0.15, 0.2) is 36.4 Å². The highest BCUT2D eigenvalue weighted by Crippen LogP contribution is 2.28. The number of rotatable bonds is 3. The third kappa shape index (κ3) is 2.92. The molecule has 0 aliphatic heterocycles. The lowest BCUT2D eigenvalue weighted by molar-refractivity contribution is 0.100. The summed E-state index contributed by atoms with van der Waals surface area (Å²) in [7, 11) is 0. The Morgan fingerprint density at radius 3 is 1.40 bits per heavy atom. The summed E-state index contributed by atoms with van der Waals surface area (Å²) in [6.45, 7) is 2.93. The molecule has 2 rings (SSSR count). The number of Topliss-reactive ketones (excluding diaryl/α,β-unsaturated/α-hetero) is 2. The van der Waals surface area contributed by atoms with Gasteiger partial charge in [0, 0.05) is 11.1 Å². The molecule has 0 aliphatic rings. The summed E-state index contributed by atoms with van der Waals surface area (Å²) in [5, 5.41) is 0.837. The Hall–Kier alpha value is -1.64. The number of halogens is 2. The van der Waals surface area contributed by atoms with Crippen LogP contribution in [0.2, 0.25) is 10.0 Å². The van der Waals surface area contributed by atoms with Gasteiger partial charge in [0.25, 0.3) is 0 Å². The number of ketones is 2. The van der Waals surface area contributed by atoms with Crippen LogP contribution in [0.5, 0.6) is 0 Å². The zero-order valence-corrected chi connectivity index (χ0v) is 12.5. The van der Waals surface area contributed by atoms with Crippen molar-refractivity contribution in [2.75, 3.05) is 0 Å². The lowest BCUT2D eigenvalue weighted by atomic mass is 9.99. The van der Waals surface area contributed by atoms with Crippen LogP contribution in [0.1, 0.15) is 34.6 Å². The van der Waals surface area contributed by atoms with Crippen molar-refractivity contribution in [2.45, 2.75) is 13.8 Å². The number of hydrogen-bond donors (Lipinski definition) is 0. The van der Waals surface area contributed by atoms with Crippen LogP contribution in [-0.4, -0.2) is 11.6 Å². The van der Waals surface area contributed by atoms with E-state index in [2.05, 4.69) is 0 Å². The predicted molar refractivity (Wildman–Crippen MR) is 81.9 cm³/mol. The van der Waals surface area contributed by atoms with Crippen molar-refractivity contribution in [3.8, 4) is 11.1 Å². The maximum atomic E-state index is 11.5. The maximum Gasteiger partial charge on any atom is 0.161 e. The summed E-state index contributed by atoms with van der Waals surface area (Å²) in [4.78, 5) is 23.0. The largest absolute Gasteiger partial charge is 0.294 e. The standard InChI is InChI=1S/C16H12Cl2O2/c1-9(19)13-7-11(3-5-15(13)17)12-4-6-16(18)14(8-12)10(2)20/h3-8H,1-2H3. The Bertz CT molecular complexity index is 644. The monoisotopic (exact) mass is 306 g/mol. The van der Waals surface area contributed by atoms with Crippen molar-refractivity contribution in [1.82, 2.24) is 0 Å². The van der Waals surface area contributed by atoms with E-state index in [0.29, 0.717) is 21.2 Å². The van der Waals surface area contributed by atoms with Gasteiger partial charge in [-0.15, -0.1) is 0 Å². The smallest absolute Gasteiger partial charge is 0.161 e. The van der Waals surface area contributed by atoms with Gasteiger partial charge < -0.3 is 0 Å². The molecule has 0 aromatic heterocycles. The van der Waals surface area contributed by atoms with E-state index in [4.69, 9.17) is 23.2 Å². The molecule has 0 amide bonds. The highest BCUT2D eigenvalue weighted by atomic mass is 35.5. The Kier molecular flexibility index (Phi) is 4.26. The van der Waals surface area contributed by atoms with Crippen molar-refractivity contribution in [2.24, 2.45) is 0 Å². The molecule has 0 spiro atoms. The average Bonchev–Trinajstić information content (AvgIpc) is 2.39. The van der Waals surface area contributed by atoms with E-state index in [0.717, 1.165) is 11.1 Å². The third-order valence-corrected chi connectivity index (χ3v) is 3.68. The molecule has 0 bridgehead atoms. The first-order chi connectivity index (χ1) is 9.40. The van der Waals surface area contributed by atoms with Gasteiger partial charge in [-0.2, -0.15) is 0 Å². The summed E-state index contributed by atoms with van der Waals surface area (Å²) in [5.41, 5.74) is 2.56. The third-order valence-electron chi connectivity index (χ3n) is 3.02. The van der Waals surface area contributed by atoms with Crippen LogP contribution in [0.4, 0.5) is 0 Å².